The average molecular weight is 336 g/mol. The molecule has 7 nitrogen and oxygen atoms in total. The Hall–Kier alpha value is -2.80. The van der Waals surface area contributed by atoms with Crippen molar-refractivity contribution in [1.82, 2.24) is 30.3 Å². The van der Waals surface area contributed by atoms with E-state index in [-0.39, 0.29) is 11.9 Å². The molecule has 25 heavy (non-hydrogen) atoms. The number of carbonyl (C=O) groups excluding carboxylic acids is 1. The fraction of sp³-hybridized carbons (Fsp3) is 0.333. The van der Waals surface area contributed by atoms with Crippen molar-refractivity contribution < 1.29 is 4.79 Å². The summed E-state index contributed by atoms with van der Waals surface area (Å²) in [7, 11) is 0. The molecule has 1 unspecified atom stereocenters. The Morgan fingerprint density at radius 2 is 2.16 bits per heavy atom. The highest BCUT2D eigenvalue weighted by Gasteiger charge is 2.22. The minimum absolute atomic E-state index is 0.0448. The van der Waals surface area contributed by atoms with Gasteiger partial charge in [-0.3, -0.25) is 9.69 Å². The van der Waals surface area contributed by atoms with Crippen molar-refractivity contribution in [2.24, 2.45) is 0 Å². The average Bonchev–Trinajstić information content (AvgIpc) is 3.23. The Balaban J connectivity index is 1.53. The third-order valence-corrected chi connectivity index (χ3v) is 4.53. The molecule has 2 aromatic heterocycles. The van der Waals surface area contributed by atoms with Gasteiger partial charge >= 0.3 is 0 Å². The third-order valence-electron chi connectivity index (χ3n) is 4.53. The molecule has 1 aromatic carbocycles. The number of amides is 1. The Morgan fingerprint density at radius 3 is 3.04 bits per heavy atom. The number of benzene rings is 1. The van der Waals surface area contributed by atoms with Crippen LogP contribution in [0.2, 0.25) is 0 Å². The van der Waals surface area contributed by atoms with Crippen molar-refractivity contribution in [3.05, 3.63) is 48.0 Å². The normalized spacial score (nSPS) is 17.9. The Labute approximate surface area is 145 Å². The van der Waals surface area contributed by atoms with E-state index in [1.54, 1.807) is 11.4 Å². The van der Waals surface area contributed by atoms with Gasteiger partial charge in [-0.1, -0.05) is 24.3 Å². The van der Waals surface area contributed by atoms with E-state index in [1.807, 2.05) is 18.2 Å². The van der Waals surface area contributed by atoms with Gasteiger partial charge in [-0.25, -0.2) is 0 Å². The molecule has 128 valence electrons. The molecular formula is C18H20N6O. The maximum absolute atomic E-state index is 11.2. The molecule has 0 aliphatic carbocycles. The van der Waals surface area contributed by atoms with Gasteiger partial charge < -0.3 is 5.32 Å². The number of nitrogens with one attached hydrogen (secondary N) is 1. The van der Waals surface area contributed by atoms with Gasteiger partial charge in [0.1, 0.15) is 0 Å². The Kier molecular flexibility index (Phi) is 4.15. The van der Waals surface area contributed by atoms with E-state index >= 15 is 0 Å². The molecule has 0 spiro atoms. The van der Waals surface area contributed by atoms with Crippen LogP contribution in [0.4, 0.5) is 0 Å². The topological polar surface area (TPSA) is 75.4 Å². The van der Waals surface area contributed by atoms with Crippen molar-refractivity contribution >= 4 is 11.6 Å². The SMILES string of the molecule is CC(=O)NC1CCN(Cc2cccc(-c3cccc4nnnn34)c2)C1. The fourth-order valence-corrected chi connectivity index (χ4v) is 3.45. The number of likely N-dealkylation sites (tertiary alicyclic amines) is 1. The van der Waals surface area contributed by atoms with Crippen LogP contribution >= 0.6 is 0 Å². The summed E-state index contributed by atoms with van der Waals surface area (Å²) in [5.74, 6) is 0.0448. The zero-order valence-electron chi connectivity index (χ0n) is 14.1. The molecule has 4 rings (SSSR count). The summed E-state index contributed by atoms with van der Waals surface area (Å²) in [5.41, 5.74) is 4.04. The van der Waals surface area contributed by atoms with Gasteiger partial charge in [-0.15, -0.1) is 5.10 Å². The van der Waals surface area contributed by atoms with Crippen LogP contribution in [-0.2, 0) is 11.3 Å². The van der Waals surface area contributed by atoms with Gasteiger partial charge in [0.15, 0.2) is 5.65 Å². The third kappa shape index (κ3) is 3.36. The van der Waals surface area contributed by atoms with Crippen LogP contribution in [0.3, 0.4) is 0 Å². The Morgan fingerprint density at radius 1 is 1.28 bits per heavy atom. The van der Waals surface area contributed by atoms with Crippen LogP contribution < -0.4 is 5.32 Å². The molecular weight excluding hydrogens is 316 g/mol. The van der Waals surface area contributed by atoms with Crippen molar-refractivity contribution in [2.75, 3.05) is 13.1 Å². The number of tetrazole rings is 1. The summed E-state index contributed by atoms with van der Waals surface area (Å²) < 4.78 is 1.75. The summed E-state index contributed by atoms with van der Waals surface area (Å²) in [4.78, 5) is 13.6. The lowest BCUT2D eigenvalue weighted by Crippen LogP contribution is -2.35. The lowest BCUT2D eigenvalue weighted by molar-refractivity contribution is -0.119. The molecule has 1 fully saturated rings. The highest BCUT2D eigenvalue weighted by Crippen LogP contribution is 2.22. The number of fused-ring (bicyclic) bond motifs is 1. The van der Waals surface area contributed by atoms with Crippen LogP contribution in [0.25, 0.3) is 16.9 Å². The van der Waals surface area contributed by atoms with E-state index in [1.165, 1.54) is 5.56 Å². The number of hydrogen-bond acceptors (Lipinski definition) is 5. The van der Waals surface area contributed by atoms with Gasteiger partial charge in [-0.2, -0.15) is 4.52 Å². The number of hydrogen-bond donors (Lipinski definition) is 1. The number of carbonyl (C=O) groups is 1. The maximum Gasteiger partial charge on any atom is 0.217 e. The fourth-order valence-electron chi connectivity index (χ4n) is 3.45. The van der Waals surface area contributed by atoms with Gasteiger partial charge in [0.05, 0.1) is 5.69 Å². The second kappa shape index (κ2) is 6.60. The van der Waals surface area contributed by atoms with E-state index in [0.29, 0.717) is 0 Å². The summed E-state index contributed by atoms with van der Waals surface area (Å²) >= 11 is 0. The van der Waals surface area contributed by atoms with Crippen LogP contribution in [0.5, 0.6) is 0 Å². The maximum atomic E-state index is 11.2. The zero-order chi connectivity index (χ0) is 17.2. The number of pyridine rings is 1. The largest absolute Gasteiger partial charge is 0.352 e. The molecule has 0 bridgehead atoms. The van der Waals surface area contributed by atoms with Crippen LogP contribution in [0, 0.1) is 0 Å². The van der Waals surface area contributed by atoms with Crippen LogP contribution in [-0.4, -0.2) is 50.0 Å². The second-order valence-electron chi connectivity index (χ2n) is 6.48. The van der Waals surface area contributed by atoms with Crippen molar-refractivity contribution in [3.63, 3.8) is 0 Å². The zero-order valence-corrected chi connectivity index (χ0v) is 14.1. The predicted octanol–water partition coefficient (Wildman–Crippen LogP) is 1.50. The molecule has 1 atom stereocenters. The van der Waals surface area contributed by atoms with Crippen molar-refractivity contribution in [2.45, 2.75) is 25.9 Å². The van der Waals surface area contributed by atoms with E-state index in [4.69, 9.17) is 0 Å². The summed E-state index contributed by atoms with van der Waals surface area (Å²) in [6.07, 6.45) is 1.00. The summed E-state index contributed by atoms with van der Waals surface area (Å²) in [6, 6.07) is 14.6. The molecule has 1 amide bonds. The number of aromatic nitrogens is 4. The molecule has 7 heteroatoms. The van der Waals surface area contributed by atoms with Crippen LogP contribution in [0.1, 0.15) is 18.9 Å². The summed E-state index contributed by atoms with van der Waals surface area (Å²) in [5, 5.41) is 14.8. The first kappa shape index (κ1) is 15.7. The van der Waals surface area contributed by atoms with Gasteiger partial charge in [0.25, 0.3) is 0 Å². The second-order valence-corrected chi connectivity index (χ2v) is 6.48. The lowest BCUT2D eigenvalue weighted by atomic mass is 10.1. The van der Waals surface area contributed by atoms with Gasteiger partial charge in [-0.05, 0) is 40.6 Å². The standard InChI is InChI=1S/C18H20N6O/c1-13(25)19-16-8-9-23(12-16)11-14-4-2-5-15(10-14)17-6-3-7-18-20-21-22-24(17)18/h2-7,10,16H,8-9,11-12H2,1H3,(H,19,25). The first-order chi connectivity index (χ1) is 12.2. The molecule has 0 saturated carbocycles. The summed E-state index contributed by atoms with van der Waals surface area (Å²) in [6.45, 7) is 4.34. The van der Waals surface area contributed by atoms with Crippen molar-refractivity contribution in [1.29, 1.82) is 0 Å². The predicted molar refractivity (Wildman–Crippen MR) is 93.7 cm³/mol. The quantitative estimate of drug-likeness (QED) is 0.781. The molecule has 1 N–H and O–H groups in total. The van der Waals surface area contributed by atoms with Gasteiger partial charge in [0.2, 0.25) is 5.91 Å². The monoisotopic (exact) mass is 336 g/mol. The van der Waals surface area contributed by atoms with E-state index < -0.39 is 0 Å². The van der Waals surface area contributed by atoms with E-state index in [2.05, 4.69) is 50.0 Å². The number of rotatable bonds is 4. The minimum atomic E-state index is 0.0448. The van der Waals surface area contributed by atoms with Crippen molar-refractivity contribution in [3.8, 4) is 11.3 Å². The van der Waals surface area contributed by atoms with E-state index in [9.17, 15) is 4.79 Å². The smallest absolute Gasteiger partial charge is 0.217 e. The molecule has 3 heterocycles. The molecule has 1 aliphatic rings. The van der Waals surface area contributed by atoms with Gasteiger partial charge in [0, 0.05) is 38.2 Å². The molecule has 3 aromatic rings. The molecule has 1 aliphatic heterocycles. The molecule has 1 saturated heterocycles. The van der Waals surface area contributed by atoms with E-state index in [0.717, 1.165) is 43.0 Å². The lowest BCUT2D eigenvalue weighted by Gasteiger charge is -2.17. The highest BCUT2D eigenvalue weighted by molar-refractivity contribution is 5.73. The first-order valence-electron chi connectivity index (χ1n) is 8.45. The molecule has 0 radical (unpaired) electrons. The highest BCUT2D eigenvalue weighted by atomic mass is 16.1. The minimum Gasteiger partial charge on any atom is -0.352 e. The number of nitrogens with zero attached hydrogens (tertiary/aromatic N) is 5. The first-order valence-corrected chi connectivity index (χ1v) is 8.45. The Bertz CT molecular complexity index is 905. The van der Waals surface area contributed by atoms with Crippen LogP contribution in [0.15, 0.2) is 42.5 Å².